The van der Waals surface area contributed by atoms with Crippen LogP contribution in [0.3, 0.4) is 0 Å². The van der Waals surface area contributed by atoms with Crippen LogP contribution in [-0.4, -0.2) is 18.1 Å². The molecule has 0 aliphatic carbocycles. The van der Waals surface area contributed by atoms with Crippen LogP contribution in [0.1, 0.15) is 12.0 Å². The van der Waals surface area contributed by atoms with E-state index in [1.165, 1.54) is 7.11 Å². The first kappa shape index (κ1) is 11.8. The van der Waals surface area contributed by atoms with E-state index in [4.69, 9.17) is 0 Å². The molecule has 0 aliphatic rings. The van der Waals surface area contributed by atoms with Gasteiger partial charge in [0.15, 0.2) is 0 Å². The second-order valence-electron chi connectivity index (χ2n) is 3.64. The molecular formula is C13H13NO2S. The SMILES string of the molecule is COC(=O)CCc1ccc(-c2cncs2)cc1. The van der Waals surface area contributed by atoms with E-state index in [0.717, 1.165) is 22.4 Å². The van der Waals surface area contributed by atoms with Crippen molar-refractivity contribution in [3.8, 4) is 10.4 Å². The average molecular weight is 247 g/mol. The molecule has 0 saturated heterocycles. The second kappa shape index (κ2) is 5.59. The van der Waals surface area contributed by atoms with Crippen molar-refractivity contribution in [2.45, 2.75) is 12.8 Å². The van der Waals surface area contributed by atoms with Crippen LogP contribution in [0.4, 0.5) is 0 Å². The van der Waals surface area contributed by atoms with E-state index in [1.54, 1.807) is 11.3 Å². The number of rotatable bonds is 4. The number of ether oxygens (including phenoxy) is 1. The van der Waals surface area contributed by atoms with Gasteiger partial charge in [0.1, 0.15) is 0 Å². The highest BCUT2D eigenvalue weighted by molar-refractivity contribution is 7.13. The molecular weight excluding hydrogens is 234 g/mol. The number of methoxy groups -OCH3 is 1. The van der Waals surface area contributed by atoms with Crippen molar-refractivity contribution in [3.63, 3.8) is 0 Å². The summed E-state index contributed by atoms with van der Waals surface area (Å²) in [6, 6.07) is 8.19. The van der Waals surface area contributed by atoms with E-state index >= 15 is 0 Å². The number of aryl methyl sites for hydroxylation is 1. The normalized spacial score (nSPS) is 10.2. The summed E-state index contributed by atoms with van der Waals surface area (Å²) >= 11 is 1.62. The Morgan fingerprint density at radius 1 is 1.35 bits per heavy atom. The van der Waals surface area contributed by atoms with Crippen LogP contribution in [0.15, 0.2) is 36.0 Å². The lowest BCUT2D eigenvalue weighted by molar-refractivity contribution is -0.140. The molecule has 4 heteroatoms. The van der Waals surface area contributed by atoms with Crippen LogP contribution in [0.25, 0.3) is 10.4 Å². The summed E-state index contributed by atoms with van der Waals surface area (Å²) in [6.45, 7) is 0. The number of benzene rings is 1. The first-order valence-corrected chi connectivity index (χ1v) is 6.22. The highest BCUT2D eigenvalue weighted by Gasteiger charge is 2.03. The first-order valence-electron chi connectivity index (χ1n) is 5.34. The van der Waals surface area contributed by atoms with Gasteiger partial charge in [-0.2, -0.15) is 0 Å². The molecule has 3 nitrogen and oxygen atoms in total. The van der Waals surface area contributed by atoms with Gasteiger partial charge in [0, 0.05) is 12.6 Å². The van der Waals surface area contributed by atoms with E-state index in [2.05, 4.69) is 21.9 Å². The maximum atomic E-state index is 11.0. The maximum Gasteiger partial charge on any atom is 0.305 e. The number of aromatic nitrogens is 1. The van der Waals surface area contributed by atoms with Crippen molar-refractivity contribution in [3.05, 3.63) is 41.5 Å². The lowest BCUT2D eigenvalue weighted by Crippen LogP contribution is -2.01. The molecule has 17 heavy (non-hydrogen) atoms. The summed E-state index contributed by atoms with van der Waals surface area (Å²) in [5.41, 5.74) is 4.12. The summed E-state index contributed by atoms with van der Waals surface area (Å²) in [7, 11) is 1.41. The van der Waals surface area contributed by atoms with Crippen LogP contribution in [-0.2, 0) is 16.0 Å². The topological polar surface area (TPSA) is 39.2 Å². The lowest BCUT2D eigenvalue weighted by Gasteiger charge is -2.02. The number of carbonyl (C=O) groups is 1. The molecule has 1 aromatic carbocycles. The molecule has 1 aromatic heterocycles. The van der Waals surface area contributed by atoms with Gasteiger partial charge in [-0.25, -0.2) is 0 Å². The van der Waals surface area contributed by atoms with Crippen molar-refractivity contribution in [1.29, 1.82) is 0 Å². The fourth-order valence-electron chi connectivity index (χ4n) is 1.54. The van der Waals surface area contributed by atoms with Gasteiger partial charge >= 0.3 is 5.97 Å². The van der Waals surface area contributed by atoms with Crippen LogP contribution in [0.5, 0.6) is 0 Å². The van der Waals surface area contributed by atoms with Crippen molar-refractivity contribution < 1.29 is 9.53 Å². The Morgan fingerprint density at radius 3 is 2.71 bits per heavy atom. The molecule has 2 aromatic rings. The highest BCUT2D eigenvalue weighted by atomic mass is 32.1. The molecule has 0 N–H and O–H groups in total. The highest BCUT2D eigenvalue weighted by Crippen LogP contribution is 2.23. The Balaban J connectivity index is 2.01. The molecule has 0 bridgehead atoms. The largest absolute Gasteiger partial charge is 0.469 e. The van der Waals surface area contributed by atoms with Gasteiger partial charge < -0.3 is 4.74 Å². The number of esters is 1. The Labute approximate surface area is 104 Å². The van der Waals surface area contributed by atoms with Gasteiger partial charge in [-0.05, 0) is 17.5 Å². The Kier molecular flexibility index (Phi) is 3.88. The van der Waals surface area contributed by atoms with Gasteiger partial charge in [-0.1, -0.05) is 24.3 Å². The quantitative estimate of drug-likeness (QED) is 0.780. The van der Waals surface area contributed by atoms with Crippen molar-refractivity contribution >= 4 is 17.3 Å². The first-order chi connectivity index (χ1) is 8.29. The van der Waals surface area contributed by atoms with Gasteiger partial charge in [-0.15, -0.1) is 11.3 Å². The minimum atomic E-state index is -0.170. The molecule has 0 amide bonds. The Morgan fingerprint density at radius 2 is 2.12 bits per heavy atom. The number of nitrogens with zero attached hydrogens (tertiary/aromatic N) is 1. The molecule has 0 spiro atoms. The Bertz CT molecular complexity index is 477. The Hall–Kier alpha value is -1.68. The maximum absolute atomic E-state index is 11.0. The molecule has 0 fully saturated rings. The van der Waals surface area contributed by atoms with Gasteiger partial charge in [0.2, 0.25) is 0 Å². The predicted molar refractivity (Wildman–Crippen MR) is 67.9 cm³/mol. The van der Waals surface area contributed by atoms with Crippen LogP contribution >= 0.6 is 11.3 Å². The van der Waals surface area contributed by atoms with Crippen LogP contribution < -0.4 is 0 Å². The molecule has 88 valence electrons. The van der Waals surface area contributed by atoms with E-state index in [9.17, 15) is 4.79 Å². The average Bonchev–Trinajstić information content (AvgIpc) is 2.90. The van der Waals surface area contributed by atoms with Gasteiger partial charge in [0.25, 0.3) is 0 Å². The van der Waals surface area contributed by atoms with Gasteiger partial charge in [0.05, 0.1) is 17.5 Å². The molecule has 2 rings (SSSR count). The monoisotopic (exact) mass is 247 g/mol. The molecule has 0 saturated carbocycles. The fourth-order valence-corrected chi connectivity index (χ4v) is 2.17. The van der Waals surface area contributed by atoms with Crippen LogP contribution in [0, 0.1) is 0 Å². The number of thiazole rings is 1. The fraction of sp³-hybridized carbons (Fsp3) is 0.231. The van der Waals surface area contributed by atoms with Crippen LogP contribution in [0.2, 0.25) is 0 Å². The third-order valence-electron chi connectivity index (χ3n) is 2.52. The summed E-state index contributed by atoms with van der Waals surface area (Å²) in [5, 5.41) is 0. The zero-order chi connectivity index (χ0) is 12.1. The molecule has 0 radical (unpaired) electrons. The predicted octanol–water partition coefficient (Wildman–Crippen LogP) is 2.92. The van der Waals surface area contributed by atoms with E-state index in [0.29, 0.717) is 6.42 Å². The number of hydrogen-bond acceptors (Lipinski definition) is 4. The minimum Gasteiger partial charge on any atom is -0.469 e. The third kappa shape index (κ3) is 3.14. The molecule has 0 atom stereocenters. The summed E-state index contributed by atoms with van der Waals surface area (Å²) in [5.74, 6) is -0.170. The summed E-state index contributed by atoms with van der Waals surface area (Å²) < 4.78 is 4.61. The van der Waals surface area contributed by atoms with Crippen molar-refractivity contribution in [2.75, 3.05) is 7.11 Å². The molecule has 1 heterocycles. The standard InChI is InChI=1S/C13H13NO2S/c1-16-13(15)7-4-10-2-5-11(6-3-10)12-8-14-9-17-12/h2-3,5-6,8-9H,4,7H2,1H3. The zero-order valence-corrected chi connectivity index (χ0v) is 10.4. The number of hydrogen-bond donors (Lipinski definition) is 0. The zero-order valence-electron chi connectivity index (χ0n) is 9.55. The smallest absolute Gasteiger partial charge is 0.305 e. The minimum absolute atomic E-state index is 0.170. The van der Waals surface area contributed by atoms with Gasteiger partial charge in [-0.3, -0.25) is 9.78 Å². The van der Waals surface area contributed by atoms with Crippen molar-refractivity contribution in [1.82, 2.24) is 4.98 Å². The summed E-state index contributed by atoms with van der Waals surface area (Å²) in [4.78, 5) is 16.2. The van der Waals surface area contributed by atoms with E-state index in [1.807, 2.05) is 23.8 Å². The lowest BCUT2D eigenvalue weighted by atomic mass is 10.1. The number of carbonyl (C=O) groups excluding carboxylic acids is 1. The second-order valence-corrected chi connectivity index (χ2v) is 4.53. The third-order valence-corrected chi connectivity index (χ3v) is 3.34. The van der Waals surface area contributed by atoms with E-state index < -0.39 is 0 Å². The molecule has 0 unspecified atom stereocenters. The molecule has 0 aliphatic heterocycles. The summed E-state index contributed by atoms with van der Waals surface area (Å²) in [6.07, 6.45) is 3.00. The van der Waals surface area contributed by atoms with Crippen molar-refractivity contribution in [2.24, 2.45) is 0 Å². The van der Waals surface area contributed by atoms with E-state index in [-0.39, 0.29) is 5.97 Å².